The number of hydrogen-bond donors (Lipinski definition) is 3. The number of nitrogens with two attached hydrogens (primary N) is 1. The lowest BCUT2D eigenvalue weighted by molar-refractivity contribution is 0.262. The summed E-state index contributed by atoms with van der Waals surface area (Å²) in [5.74, 6) is 0. The predicted octanol–water partition coefficient (Wildman–Crippen LogP) is 4.87. The van der Waals surface area contributed by atoms with E-state index in [2.05, 4.69) is 10.6 Å². The van der Waals surface area contributed by atoms with Crippen LogP contribution in [0.25, 0.3) is 0 Å². The van der Waals surface area contributed by atoms with Gasteiger partial charge in [-0.15, -0.1) is 0 Å². The van der Waals surface area contributed by atoms with Gasteiger partial charge in [-0.25, -0.2) is 4.79 Å². The second-order valence-electron chi connectivity index (χ2n) is 3.97. The number of nitrogen functional groups attached to an aromatic ring is 1. The van der Waals surface area contributed by atoms with Gasteiger partial charge in [0.2, 0.25) is 0 Å². The second-order valence-corrected chi connectivity index (χ2v) is 5.28. The molecule has 2 aromatic rings. The van der Waals surface area contributed by atoms with Gasteiger partial charge in [0, 0.05) is 20.8 Å². The monoisotopic (exact) mass is 329 g/mol. The molecule has 4 nitrogen and oxygen atoms in total. The molecule has 0 aromatic heterocycles. The highest BCUT2D eigenvalue weighted by molar-refractivity contribution is 6.35. The van der Waals surface area contributed by atoms with Crippen LogP contribution in [0.5, 0.6) is 0 Å². The SMILES string of the molecule is Nc1ccc(Cl)cc1NC(=O)Nc1cc(Cl)cc(Cl)c1. The van der Waals surface area contributed by atoms with Crippen molar-refractivity contribution in [1.82, 2.24) is 0 Å². The molecule has 20 heavy (non-hydrogen) atoms. The zero-order chi connectivity index (χ0) is 14.7. The third kappa shape index (κ3) is 3.93. The van der Waals surface area contributed by atoms with Crippen molar-refractivity contribution >= 4 is 57.9 Å². The van der Waals surface area contributed by atoms with E-state index in [1.54, 1.807) is 36.4 Å². The van der Waals surface area contributed by atoms with Crippen LogP contribution in [0.1, 0.15) is 0 Å². The maximum atomic E-state index is 11.9. The Morgan fingerprint density at radius 1 is 0.900 bits per heavy atom. The zero-order valence-corrected chi connectivity index (χ0v) is 12.4. The lowest BCUT2D eigenvalue weighted by atomic mass is 10.2. The van der Waals surface area contributed by atoms with Crippen molar-refractivity contribution in [2.45, 2.75) is 0 Å². The standard InChI is InChI=1S/C13H10Cl3N3O/c14-7-1-2-11(17)12(6-7)19-13(20)18-10-4-8(15)3-9(16)5-10/h1-6H,17H2,(H2,18,19,20). The Kier molecular flexibility index (Phi) is 4.60. The summed E-state index contributed by atoms with van der Waals surface area (Å²) >= 11 is 17.5. The summed E-state index contributed by atoms with van der Waals surface area (Å²) < 4.78 is 0. The molecule has 0 fully saturated rings. The van der Waals surface area contributed by atoms with Crippen molar-refractivity contribution in [2.24, 2.45) is 0 Å². The van der Waals surface area contributed by atoms with Crippen LogP contribution in [0.15, 0.2) is 36.4 Å². The molecule has 0 saturated carbocycles. The first-order chi connectivity index (χ1) is 9.44. The fraction of sp³-hybridized carbons (Fsp3) is 0. The van der Waals surface area contributed by atoms with Crippen LogP contribution in [0.4, 0.5) is 21.9 Å². The molecule has 2 amide bonds. The van der Waals surface area contributed by atoms with Gasteiger partial charge >= 0.3 is 6.03 Å². The van der Waals surface area contributed by atoms with Crippen molar-refractivity contribution in [3.8, 4) is 0 Å². The molecular formula is C13H10Cl3N3O. The topological polar surface area (TPSA) is 67.1 Å². The minimum absolute atomic E-state index is 0.411. The lowest BCUT2D eigenvalue weighted by Gasteiger charge is -2.10. The molecule has 7 heteroatoms. The Morgan fingerprint density at radius 2 is 1.55 bits per heavy atom. The summed E-state index contributed by atoms with van der Waals surface area (Å²) in [6, 6.07) is 9.05. The van der Waals surface area contributed by atoms with Crippen molar-refractivity contribution < 1.29 is 4.79 Å². The Labute approximate surface area is 130 Å². The molecule has 0 aliphatic rings. The number of anilines is 3. The van der Waals surface area contributed by atoms with Crippen LogP contribution in [-0.2, 0) is 0 Å². The Bertz CT molecular complexity index is 641. The third-order valence-corrected chi connectivity index (χ3v) is 3.06. The molecular weight excluding hydrogens is 321 g/mol. The summed E-state index contributed by atoms with van der Waals surface area (Å²) in [4.78, 5) is 11.9. The van der Waals surface area contributed by atoms with Crippen molar-refractivity contribution in [3.05, 3.63) is 51.5 Å². The van der Waals surface area contributed by atoms with Gasteiger partial charge in [-0.3, -0.25) is 0 Å². The number of nitrogens with one attached hydrogen (secondary N) is 2. The number of benzene rings is 2. The molecule has 0 atom stereocenters. The van der Waals surface area contributed by atoms with Gasteiger partial charge in [0.05, 0.1) is 11.4 Å². The number of carbonyl (C=O) groups is 1. The number of carbonyl (C=O) groups excluding carboxylic acids is 1. The van der Waals surface area contributed by atoms with E-state index in [0.717, 1.165) is 0 Å². The summed E-state index contributed by atoms with van der Waals surface area (Å²) in [7, 11) is 0. The van der Waals surface area contributed by atoms with Crippen LogP contribution >= 0.6 is 34.8 Å². The highest BCUT2D eigenvalue weighted by Gasteiger charge is 2.07. The van der Waals surface area contributed by atoms with Gasteiger partial charge in [-0.1, -0.05) is 34.8 Å². The predicted molar refractivity (Wildman–Crippen MR) is 85.0 cm³/mol. The molecule has 0 radical (unpaired) electrons. The summed E-state index contributed by atoms with van der Waals surface area (Å²) in [5.41, 5.74) is 7.04. The number of rotatable bonds is 2. The minimum Gasteiger partial charge on any atom is -0.397 e. The van der Waals surface area contributed by atoms with E-state index in [9.17, 15) is 4.79 Å². The first-order valence-corrected chi connectivity index (χ1v) is 6.66. The van der Waals surface area contributed by atoms with E-state index < -0.39 is 6.03 Å². The van der Waals surface area contributed by atoms with Crippen LogP contribution < -0.4 is 16.4 Å². The molecule has 4 N–H and O–H groups in total. The first-order valence-electron chi connectivity index (χ1n) is 5.53. The maximum Gasteiger partial charge on any atom is 0.323 e. The molecule has 0 bridgehead atoms. The molecule has 104 valence electrons. The van der Waals surface area contributed by atoms with E-state index >= 15 is 0 Å². The third-order valence-electron chi connectivity index (χ3n) is 2.38. The molecule has 2 rings (SSSR count). The smallest absolute Gasteiger partial charge is 0.323 e. The lowest BCUT2D eigenvalue weighted by Crippen LogP contribution is -2.20. The molecule has 0 spiro atoms. The molecule has 2 aromatic carbocycles. The fourth-order valence-electron chi connectivity index (χ4n) is 1.55. The van der Waals surface area contributed by atoms with Gasteiger partial charge in [0.1, 0.15) is 0 Å². The van der Waals surface area contributed by atoms with E-state index in [1.807, 2.05) is 0 Å². The van der Waals surface area contributed by atoms with Gasteiger partial charge in [0.25, 0.3) is 0 Å². The highest BCUT2D eigenvalue weighted by Crippen LogP contribution is 2.25. The quantitative estimate of drug-likeness (QED) is 0.687. The van der Waals surface area contributed by atoms with Crippen molar-refractivity contribution in [1.29, 1.82) is 0 Å². The second kappa shape index (κ2) is 6.22. The maximum absolute atomic E-state index is 11.9. The highest BCUT2D eigenvalue weighted by atomic mass is 35.5. The van der Waals surface area contributed by atoms with Crippen LogP contribution in [-0.4, -0.2) is 6.03 Å². The molecule has 0 heterocycles. The number of amides is 2. The molecule has 0 saturated heterocycles. The molecule has 0 aliphatic heterocycles. The van der Waals surface area contributed by atoms with Crippen molar-refractivity contribution in [2.75, 3.05) is 16.4 Å². The van der Waals surface area contributed by atoms with Crippen molar-refractivity contribution in [3.63, 3.8) is 0 Å². The van der Waals surface area contributed by atoms with E-state index in [0.29, 0.717) is 32.1 Å². The Hall–Kier alpha value is -1.62. The average molecular weight is 331 g/mol. The normalized spacial score (nSPS) is 10.2. The van der Waals surface area contributed by atoms with Gasteiger partial charge in [-0.05, 0) is 36.4 Å². The summed E-state index contributed by atoms with van der Waals surface area (Å²) in [6.07, 6.45) is 0. The number of hydrogen-bond acceptors (Lipinski definition) is 2. The van der Waals surface area contributed by atoms with Gasteiger partial charge in [-0.2, -0.15) is 0 Å². The summed E-state index contributed by atoms with van der Waals surface area (Å²) in [6.45, 7) is 0. The minimum atomic E-state index is -0.475. The number of urea groups is 1. The van der Waals surface area contributed by atoms with Crippen LogP contribution in [0, 0.1) is 0 Å². The van der Waals surface area contributed by atoms with E-state index in [-0.39, 0.29) is 0 Å². The van der Waals surface area contributed by atoms with Gasteiger partial charge < -0.3 is 16.4 Å². The molecule has 0 aliphatic carbocycles. The van der Waals surface area contributed by atoms with Crippen LogP contribution in [0.2, 0.25) is 15.1 Å². The zero-order valence-electron chi connectivity index (χ0n) is 10.1. The largest absolute Gasteiger partial charge is 0.397 e. The average Bonchev–Trinajstić information content (AvgIpc) is 2.32. The van der Waals surface area contributed by atoms with Crippen LogP contribution in [0.3, 0.4) is 0 Å². The summed E-state index contributed by atoms with van der Waals surface area (Å²) in [5, 5.41) is 6.52. The number of halogens is 3. The Morgan fingerprint density at radius 3 is 2.20 bits per heavy atom. The van der Waals surface area contributed by atoms with E-state index in [4.69, 9.17) is 40.5 Å². The Balaban J connectivity index is 2.11. The molecule has 0 unspecified atom stereocenters. The van der Waals surface area contributed by atoms with E-state index in [1.165, 1.54) is 0 Å². The van der Waals surface area contributed by atoms with Gasteiger partial charge in [0.15, 0.2) is 0 Å². The first kappa shape index (κ1) is 14.8. The fourth-order valence-corrected chi connectivity index (χ4v) is 2.25.